The van der Waals surface area contributed by atoms with E-state index in [2.05, 4.69) is 240 Å². The van der Waals surface area contributed by atoms with Gasteiger partial charge in [-0.05, 0) is 106 Å². The van der Waals surface area contributed by atoms with Gasteiger partial charge in [0.2, 0.25) is 0 Å². The minimum atomic E-state index is 1.12. The predicted molar refractivity (Wildman–Crippen MR) is 224 cm³/mol. The summed E-state index contributed by atoms with van der Waals surface area (Å²) in [5, 5.41) is 2.46. The Morgan fingerprint density at radius 2 is 0.500 bits per heavy atom. The van der Waals surface area contributed by atoms with Crippen LogP contribution in [0, 0.1) is 0 Å². The number of anilines is 6. The highest BCUT2D eigenvalue weighted by molar-refractivity contribution is 5.99. The molecule has 0 bridgehead atoms. The molecule has 0 fully saturated rings. The largest absolute Gasteiger partial charge is 0.311 e. The van der Waals surface area contributed by atoms with Crippen molar-refractivity contribution < 1.29 is 0 Å². The Hall–Kier alpha value is -6.90. The lowest BCUT2D eigenvalue weighted by molar-refractivity contribution is 1.28. The fraction of sp³-hybridized carbons (Fsp3) is 0. The second-order valence-corrected chi connectivity index (χ2v) is 12.7. The van der Waals surface area contributed by atoms with Gasteiger partial charge in [0, 0.05) is 34.1 Å². The molecule has 0 saturated heterocycles. The molecule has 248 valence electrons. The molecule has 0 saturated carbocycles. The number of hydrogen-bond donors (Lipinski definition) is 0. The molecule has 0 N–H and O–H groups in total. The minimum absolute atomic E-state index is 1.12. The maximum absolute atomic E-state index is 2.28. The van der Waals surface area contributed by atoms with Crippen LogP contribution < -0.4 is 9.80 Å². The van der Waals surface area contributed by atoms with E-state index in [4.69, 9.17) is 0 Å². The number of hydrogen-bond acceptors (Lipinski definition) is 2. The quantitative estimate of drug-likeness (QED) is 0.134. The molecule has 0 radical (unpaired) electrons. The Balaban J connectivity index is 1.02. The highest BCUT2D eigenvalue weighted by atomic mass is 15.1. The van der Waals surface area contributed by atoms with Gasteiger partial charge in [-0.25, -0.2) is 0 Å². The second-order valence-electron chi connectivity index (χ2n) is 12.7. The molecule has 2 heteroatoms. The molecule has 52 heavy (non-hydrogen) atoms. The molecule has 0 aromatic heterocycles. The summed E-state index contributed by atoms with van der Waals surface area (Å²) in [7, 11) is 0. The van der Waals surface area contributed by atoms with E-state index in [1.807, 2.05) is 0 Å². The summed E-state index contributed by atoms with van der Waals surface area (Å²) in [4.78, 5) is 4.57. The highest BCUT2D eigenvalue weighted by Crippen LogP contribution is 2.36. The van der Waals surface area contributed by atoms with Crippen LogP contribution in [0.1, 0.15) is 22.3 Å². The van der Waals surface area contributed by atoms with Crippen LogP contribution >= 0.6 is 0 Å². The van der Waals surface area contributed by atoms with Gasteiger partial charge in [0.1, 0.15) is 0 Å². The SMILES string of the molecule is C(=C\c1ccc(/C=C/c2ccc(N(c3ccccc3)c3ccccc3)cc2)c2ccccc12)/c1ccc(N(c2ccccc2)c2ccccc2)cc1. The molecule has 0 heterocycles. The summed E-state index contributed by atoms with van der Waals surface area (Å²) in [5.41, 5.74) is 11.5. The first-order valence-corrected chi connectivity index (χ1v) is 17.7. The number of rotatable bonds is 10. The van der Waals surface area contributed by atoms with E-state index in [0.29, 0.717) is 0 Å². The molecule has 0 atom stereocenters. The summed E-state index contributed by atoms with van der Waals surface area (Å²) in [6, 6.07) is 72.7. The van der Waals surface area contributed by atoms with Gasteiger partial charge < -0.3 is 9.80 Å². The van der Waals surface area contributed by atoms with E-state index in [-0.39, 0.29) is 0 Å². The van der Waals surface area contributed by atoms with Crippen molar-refractivity contribution in [1.29, 1.82) is 0 Å². The van der Waals surface area contributed by atoms with Gasteiger partial charge in [0.25, 0.3) is 0 Å². The van der Waals surface area contributed by atoms with Gasteiger partial charge in [0.05, 0.1) is 0 Å². The monoisotopic (exact) mass is 666 g/mol. The third kappa shape index (κ3) is 7.19. The Morgan fingerprint density at radius 1 is 0.231 bits per heavy atom. The van der Waals surface area contributed by atoms with Gasteiger partial charge in [-0.3, -0.25) is 0 Å². The van der Waals surface area contributed by atoms with Gasteiger partial charge in [-0.1, -0.05) is 158 Å². The molecule has 8 rings (SSSR count). The lowest BCUT2D eigenvalue weighted by atomic mass is 9.98. The van der Waals surface area contributed by atoms with Crippen LogP contribution in [-0.4, -0.2) is 0 Å². The number of fused-ring (bicyclic) bond motifs is 1. The Labute approximate surface area is 306 Å². The summed E-state index contributed by atoms with van der Waals surface area (Å²) < 4.78 is 0. The number of para-hydroxylation sites is 4. The number of nitrogens with zero attached hydrogens (tertiary/aromatic N) is 2. The van der Waals surface area contributed by atoms with Crippen LogP contribution in [0.4, 0.5) is 34.1 Å². The van der Waals surface area contributed by atoms with Crippen molar-refractivity contribution in [2.75, 3.05) is 9.80 Å². The third-order valence-corrected chi connectivity index (χ3v) is 9.26. The lowest BCUT2D eigenvalue weighted by Gasteiger charge is -2.25. The van der Waals surface area contributed by atoms with Crippen molar-refractivity contribution in [3.63, 3.8) is 0 Å². The van der Waals surface area contributed by atoms with E-state index in [1.54, 1.807) is 0 Å². The zero-order valence-corrected chi connectivity index (χ0v) is 28.8. The van der Waals surface area contributed by atoms with Crippen molar-refractivity contribution in [2.45, 2.75) is 0 Å². The minimum Gasteiger partial charge on any atom is -0.311 e. The molecule has 2 nitrogen and oxygen atoms in total. The molecular formula is C50H38N2. The first-order chi connectivity index (χ1) is 25.8. The van der Waals surface area contributed by atoms with Crippen LogP contribution in [0.3, 0.4) is 0 Å². The summed E-state index contributed by atoms with van der Waals surface area (Å²) >= 11 is 0. The van der Waals surface area contributed by atoms with E-state index >= 15 is 0 Å². The highest BCUT2D eigenvalue weighted by Gasteiger charge is 2.13. The molecule has 0 aliphatic rings. The average molecular weight is 667 g/mol. The summed E-state index contributed by atoms with van der Waals surface area (Å²) in [6.45, 7) is 0. The van der Waals surface area contributed by atoms with Crippen LogP contribution in [0.5, 0.6) is 0 Å². The predicted octanol–water partition coefficient (Wildman–Crippen LogP) is 14.1. The van der Waals surface area contributed by atoms with Gasteiger partial charge >= 0.3 is 0 Å². The molecule has 0 aliphatic carbocycles. The molecule has 0 spiro atoms. The van der Waals surface area contributed by atoms with E-state index in [0.717, 1.165) is 45.3 Å². The van der Waals surface area contributed by atoms with E-state index in [1.165, 1.54) is 21.9 Å². The van der Waals surface area contributed by atoms with Crippen molar-refractivity contribution in [2.24, 2.45) is 0 Å². The molecule has 8 aromatic carbocycles. The Kier molecular flexibility index (Phi) is 9.53. The zero-order valence-electron chi connectivity index (χ0n) is 28.8. The van der Waals surface area contributed by atoms with Gasteiger partial charge in [-0.15, -0.1) is 0 Å². The van der Waals surface area contributed by atoms with Gasteiger partial charge in [-0.2, -0.15) is 0 Å². The summed E-state index contributed by atoms with van der Waals surface area (Å²) in [5.74, 6) is 0. The average Bonchev–Trinajstić information content (AvgIpc) is 3.22. The van der Waals surface area contributed by atoms with Crippen LogP contribution in [0.25, 0.3) is 35.1 Å². The smallest absolute Gasteiger partial charge is 0.0462 e. The van der Waals surface area contributed by atoms with Crippen molar-refractivity contribution in [3.05, 3.63) is 229 Å². The van der Waals surface area contributed by atoms with Crippen LogP contribution in [-0.2, 0) is 0 Å². The van der Waals surface area contributed by atoms with E-state index in [9.17, 15) is 0 Å². The summed E-state index contributed by atoms with van der Waals surface area (Å²) in [6.07, 6.45) is 8.85. The van der Waals surface area contributed by atoms with E-state index < -0.39 is 0 Å². The zero-order chi connectivity index (χ0) is 35.0. The first kappa shape index (κ1) is 32.3. The fourth-order valence-corrected chi connectivity index (χ4v) is 6.68. The third-order valence-electron chi connectivity index (χ3n) is 9.26. The normalized spacial score (nSPS) is 11.3. The first-order valence-electron chi connectivity index (χ1n) is 17.7. The van der Waals surface area contributed by atoms with Crippen LogP contribution in [0.2, 0.25) is 0 Å². The Bertz CT molecular complexity index is 2160. The molecule has 0 aliphatic heterocycles. The standard InChI is InChI=1S/C50H38N2/c1-5-15-43(16-6-1)51(44-17-7-2-8-18-44)47-35-27-39(28-36-47)25-31-41-33-34-42(50-24-14-13-23-49(41)50)32-26-40-29-37-48(38-30-40)52(45-19-9-3-10-20-45)46-21-11-4-12-22-46/h1-38H/b31-25+,32-26+. The molecule has 8 aromatic rings. The molecular weight excluding hydrogens is 629 g/mol. The van der Waals surface area contributed by atoms with Gasteiger partial charge in [0.15, 0.2) is 0 Å². The topological polar surface area (TPSA) is 6.48 Å². The Morgan fingerprint density at radius 3 is 0.808 bits per heavy atom. The van der Waals surface area contributed by atoms with Crippen LogP contribution in [0.15, 0.2) is 206 Å². The number of benzene rings is 8. The molecule has 0 amide bonds. The maximum Gasteiger partial charge on any atom is 0.0462 e. The van der Waals surface area contributed by atoms with Crippen molar-refractivity contribution in [1.82, 2.24) is 0 Å². The fourth-order valence-electron chi connectivity index (χ4n) is 6.68. The van der Waals surface area contributed by atoms with Crippen molar-refractivity contribution >= 4 is 69.2 Å². The maximum atomic E-state index is 2.28. The van der Waals surface area contributed by atoms with Crippen molar-refractivity contribution in [3.8, 4) is 0 Å². The lowest BCUT2D eigenvalue weighted by Crippen LogP contribution is -2.09. The molecule has 0 unspecified atom stereocenters. The second kappa shape index (κ2) is 15.3.